The lowest BCUT2D eigenvalue weighted by Crippen LogP contribution is -1.94. The minimum absolute atomic E-state index is 0.418. The van der Waals surface area contributed by atoms with E-state index in [0.717, 1.165) is 13.0 Å². The minimum atomic E-state index is -0.418. The van der Waals surface area contributed by atoms with E-state index in [9.17, 15) is 5.11 Å². The van der Waals surface area contributed by atoms with Crippen molar-refractivity contribution in [1.82, 2.24) is 14.8 Å². The summed E-state index contributed by atoms with van der Waals surface area (Å²) in [5.74, 6) is 0.673. The molecule has 2 rings (SSSR count). The van der Waals surface area contributed by atoms with Crippen LogP contribution in [0.2, 0.25) is 0 Å². The number of rotatable bonds is 0. The van der Waals surface area contributed by atoms with Crippen molar-refractivity contribution in [2.75, 3.05) is 0 Å². The number of hydrogen-bond acceptors (Lipinski definition) is 3. The largest absolute Gasteiger partial charge is 0.385 e. The van der Waals surface area contributed by atoms with Crippen molar-refractivity contribution in [3.63, 3.8) is 0 Å². The highest BCUT2D eigenvalue weighted by molar-refractivity contribution is 9.10. The van der Waals surface area contributed by atoms with Crippen LogP contribution >= 0.6 is 15.9 Å². The van der Waals surface area contributed by atoms with Crippen LogP contribution in [-0.4, -0.2) is 19.9 Å². The molecule has 0 saturated carbocycles. The van der Waals surface area contributed by atoms with Gasteiger partial charge in [0.1, 0.15) is 6.10 Å². The van der Waals surface area contributed by atoms with Gasteiger partial charge in [0, 0.05) is 13.0 Å². The topological polar surface area (TPSA) is 50.9 Å². The van der Waals surface area contributed by atoms with Gasteiger partial charge < -0.3 is 5.11 Å². The number of nitrogens with zero attached hydrogens (tertiary/aromatic N) is 3. The zero-order valence-corrected chi connectivity index (χ0v) is 6.74. The molecule has 1 aliphatic rings. The molecule has 54 valence electrons. The Labute approximate surface area is 66.0 Å². The number of aryl methyl sites for hydroxylation is 1. The van der Waals surface area contributed by atoms with Gasteiger partial charge >= 0.3 is 0 Å². The third-order valence-corrected chi connectivity index (χ3v) is 1.92. The molecule has 0 fully saturated rings. The normalized spacial score (nSPS) is 23.2. The maximum absolute atomic E-state index is 9.25. The van der Waals surface area contributed by atoms with Crippen molar-refractivity contribution in [2.24, 2.45) is 0 Å². The SMILES string of the molecule is OC1CCn2nc(Br)nc21. The molecule has 1 aromatic heterocycles. The van der Waals surface area contributed by atoms with Crippen LogP contribution in [0.1, 0.15) is 18.3 Å². The van der Waals surface area contributed by atoms with E-state index in [0.29, 0.717) is 10.6 Å². The average molecular weight is 204 g/mol. The highest BCUT2D eigenvalue weighted by Gasteiger charge is 2.23. The fourth-order valence-electron chi connectivity index (χ4n) is 1.11. The molecule has 0 spiro atoms. The van der Waals surface area contributed by atoms with Crippen LogP contribution in [0.5, 0.6) is 0 Å². The second-order valence-electron chi connectivity index (χ2n) is 2.27. The Hall–Kier alpha value is -0.420. The molecule has 5 heteroatoms. The molecule has 1 atom stereocenters. The lowest BCUT2D eigenvalue weighted by atomic mass is 10.3. The van der Waals surface area contributed by atoms with Crippen LogP contribution in [0.4, 0.5) is 0 Å². The summed E-state index contributed by atoms with van der Waals surface area (Å²) in [5, 5.41) is 13.3. The van der Waals surface area contributed by atoms with Gasteiger partial charge in [0.2, 0.25) is 4.73 Å². The maximum Gasteiger partial charge on any atom is 0.217 e. The molecule has 0 bridgehead atoms. The lowest BCUT2D eigenvalue weighted by molar-refractivity contribution is 0.175. The zero-order valence-electron chi connectivity index (χ0n) is 5.16. The molecular formula is C5H6BrN3O. The van der Waals surface area contributed by atoms with E-state index in [1.165, 1.54) is 0 Å². The Morgan fingerprint density at radius 3 is 3.20 bits per heavy atom. The Morgan fingerprint density at radius 2 is 2.50 bits per heavy atom. The van der Waals surface area contributed by atoms with Crippen LogP contribution < -0.4 is 0 Å². The molecule has 1 N–H and O–H groups in total. The van der Waals surface area contributed by atoms with Crippen LogP contribution in [0.15, 0.2) is 4.73 Å². The van der Waals surface area contributed by atoms with Crippen molar-refractivity contribution < 1.29 is 5.11 Å². The summed E-state index contributed by atoms with van der Waals surface area (Å²) in [7, 11) is 0. The summed E-state index contributed by atoms with van der Waals surface area (Å²) in [6.45, 7) is 0.773. The molecule has 1 aliphatic heterocycles. The minimum Gasteiger partial charge on any atom is -0.385 e. The van der Waals surface area contributed by atoms with E-state index in [2.05, 4.69) is 26.0 Å². The molecule has 4 nitrogen and oxygen atoms in total. The van der Waals surface area contributed by atoms with Gasteiger partial charge in [-0.2, -0.15) is 0 Å². The summed E-state index contributed by atoms with van der Waals surface area (Å²) < 4.78 is 2.27. The van der Waals surface area contributed by atoms with Gasteiger partial charge in [0.05, 0.1) is 0 Å². The number of aliphatic hydroxyl groups excluding tert-OH is 1. The van der Waals surface area contributed by atoms with E-state index >= 15 is 0 Å². The van der Waals surface area contributed by atoms with Crippen LogP contribution in [-0.2, 0) is 6.54 Å². The number of fused-ring (bicyclic) bond motifs is 1. The predicted molar refractivity (Wildman–Crippen MR) is 37.3 cm³/mol. The monoisotopic (exact) mass is 203 g/mol. The second-order valence-corrected chi connectivity index (χ2v) is 2.98. The Kier molecular flexibility index (Phi) is 1.28. The summed E-state index contributed by atoms with van der Waals surface area (Å²) in [6.07, 6.45) is 0.321. The molecule has 0 saturated heterocycles. The van der Waals surface area contributed by atoms with E-state index in [1.807, 2.05) is 0 Å². The number of aliphatic hydroxyl groups is 1. The average Bonchev–Trinajstić information content (AvgIpc) is 2.35. The van der Waals surface area contributed by atoms with E-state index in [1.54, 1.807) is 4.68 Å². The first kappa shape index (κ1) is 6.30. The molecule has 1 unspecified atom stereocenters. The molecule has 1 aromatic rings. The smallest absolute Gasteiger partial charge is 0.217 e. The number of halogens is 1. The highest BCUT2D eigenvalue weighted by atomic mass is 79.9. The fourth-order valence-corrected chi connectivity index (χ4v) is 1.48. The predicted octanol–water partition coefficient (Wildman–Crippen LogP) is 0.478. The van der Waals surface area contributed by atoms with Gasteiger partial charge in [-0.3, -0.25) is 0 Å². The van der Waals surface area contributed by atoms with Crippen LogP contribution in [0.3, 0.4) is 0 Å². The van der Waals surface area contributed by atoms with Gasteiger partial charge in [-0.1, -0.05) is 0 Å². The summed E-state index contributed by atoms with van der Waals surface area (Å²) in [6, 6.07) is 0. The van der Waals surface area contributed by atoms with E-state index in [4.69, 9.17) is 0 Å². The van der Waals surface area contributed by atoms with Crippen molar-refractivity contribution in [3.8, 4) is 0 Å². The quantitative estimate of drug-likeness (QED) is 0.668. The summed E-state index contributed by atoms with van der Waals surface area (Å²) in [5.41, 5.74) is 0. The first-order valence-electron chi connectivity index (χ1n) is 3.05. The molecule has 0 aromatic carbocycles. The first-order chi connectivity index (χ1) is 4.77. The molecule has 0 radical (unpaired) electrons. The van der Waals surface area contributed by atoms with Crippen LogP contribution in [0.25, 0.3) is 0 Å². The van der Waals surface area contributed by atoms with E-state index < -0.39 is 6.10 Å². The van der Waals surface area contributed by atoms with Gasteiger partial charge in [-0.05, 0) is 15.9 Å². The third kappa shape index (κ3) is 0.775. The Bertz CT molecular complexity index is 259. The highest BCUT2D eigenvalue weighted by Crippen LogP contribution is 2.23. The van der Waals surface area contributed by atoms with Gasteiger partial charge in [0.25, 0.3) is 0 Å². The van der Waals surface area contributed by atoms with Gasteiger partial charge in [0.15, 0.2) is 5.82 Å². The van der Waals surface area contributed by atoms with Crippen molar-refractivity contribution in [1.29, 1.82) is 0 Å². The molecular weight excluding hydrogens is 198 g/mol. The second kappa shape index (κ2) is 2.03. The Balaban J connectivity index is 2.49. The lowest BCUT2D eigenvalue weighted by Gasteiger charge is -1.92. The Morgan fingerprint density at radius 1 is 1.70 bits per heavy atom. The van der Waals surface area contributed by atoms with Crippen molar-refractivity contribution >= 4 is 15.9 Å². The van der Waals surface area contributed by atoms with Crippen molar-refractivity contribution in [2.45, 2.75) is 19.1 Å². The summed E-state index contributed by atoms with van der Waals surface area (Å²) in [4.78, 5) is 3.99. The summed E-state index contributed by atoms with van der Waals surface area (Å²) >= 11 is 3.13. The first-order valence-corrected chi connectivity index (χ1v) is 3.85. The molecule has 2 heterocycles. The van der Waals surface area contributed by atoms with Gasteiger partial charge in [-0.25, -0.2) is 9.67 Å². The van der Waals surface area contributed by atoms with E-state index in [-0.39, 0.29) is 0 Å². The standard InChI is InChI=1S/C5H6BrN3O/c6-5-7-4-3(10)1-2-9(4)8-5/h3,10H,1-2H2. The maximum atomic E-state index is 9.25. The molecule has 0 amide bonds. The fraction of sp³-hybridized carbons (Fsp3) is 0.600. The molecule has 0 aliphatic carbocycles. The zero-order chi connectivity index (χ0) is 7.14. The van der Waals surface area contributed by atoms with Crippen LogP contribution in [0, 0.1) is 0 Å². The number of aromatic nitrogens is 3. The van der Waals surface area contributed by atoms with Crippen molar-refractivity contribution in [3.05, 3.63) is 10.6 Å². The molecule has 10 heavy (non-hydrogen) atoms. The van der Waals surface area contributed by atoms with Gasteiger partial charge in [-0.15, -0.1) is 5.10 Å². The third-order valence-electron chi connectivity index (χ3n) is 1.59. The number of hydrogen-bond donors (Lipinski definition) is 1.